The topological polar surface area (TPSA) is 118 Å². The molecule has 0 N–H and O–H groups in total. The van der Waals surface area contributed by atoms with Gasteiger partial charge in [-0.05, 0) is 49.2 Å². The second kappa shape index (κ2) is 15.8. The molecule has 3 aliphatic heterocycles. The molecule has 3 saturated heterocycles. The molecule has 1 atom stereocenters. The summed E-state index contributed by atoms with van der Waals surface area (Å²) in [5.41, 5.74) is 0.387. The van der Waals surface area contributed by atoms with Crippen molar-refractivity contribution in [3.05, 3.63) is 69.2 Å². The van der Waals surface area contributed by atoms with E-state index in [2.05, 4.69) is 6.07 Å². The standard InChI is InChI=1S/C14H12ClFN2O2.C12H11ClFNO2.C2H2ClN.CH4/c15-10-7-9(1-2-11(10)16)13(19)18-5-3-14(4-6-18)12(8-17)20-14;13-10-7-8(1-2-11(10)14)12(17)15-5-3-9(16)4-6-15;3-1-2-4;/h1-2,7,12H,3-6H2;1-2,7H,3-6H2;1H2;1H4. The maximum absolute atomic E-state index is 13.1. The molecule has 3 fully saturated rings. The van der Waals surface area contributed by atoms with E-state index >= 15 is 0 Å². The molecule has 1 spiro atoms. The Bertz CT molecular complexity index is 1380. The van der Waals surface area contributed by atoms with E-state index in [1.807, 2.05) is 0 Å². The molecule has 0 aromatic heterocycles. The number of piperidine rings is 2. The number of amides is 2. The Morgan fingerprint density at radius 3 is 1.69 bits per heavy atom. The third kappa shape index (κ3) is 8.86. The van der Waals surface area contributed by atoms with E-state index < -0.39 is 11.6 Å². The fourth-order valence-corrected chi connectivity index (χ4v) is 4.76. The van der Waals surface area contributed by atoms with Crippen molar-refractivity contribution in [2.75, 3.05) is 32.1 Å². The smallest absolute Gasteiger partial charge is 0.253 e. The first-order chi connectivity index (χ1) is 19.5. The maximum atomic E-state index is 13.1. The lowest BCUT2D eigenvalue weighted by atomic mass is 9.93. The number of halogens is 5. The van der Waals surface area contributed by atoms with Crippen LogP contribution >= 0.6 is 34.8 Å². The first-order valence-corrected chi connectivity index (χ1v) is 13.8. The Balaban J connectivity index is 0.000000258. The van der Waals surface area contributed by atoms with Gasteiger partial charge < -0.3 is 14.5 Å². The summed E-state index contributed by atoms with van der Waals surface area (Å²) < 4.78 is 31.4. The number of Topliss-reactive ketones (excluding diaryl/α,β-unsaturated/α-hetero) is 1. The number of nitrogens with zero attached hydrogens (tertiary/aromatic N) is 4. The molecular formula is C29H29Cl3F2N4O4. The van der Waals surface area contributed by atoms with Crippen LogP contribution in [0.15, 0.2) is 36.4 Å². The highest BCUT2D eigenvalue weighted by atomic mass is 35.5. The van der Waals surface area contributed by atoms with E-state index in [-0.39, 0.29) is 52.7 Å². The monoisotopic (exact) mass is 640 g/mol. The summed E-state index contributed by atoms with van der Waals surface area (Å²) >= 11 is 16.1. The van der Waals surface area contributed by atoms with Crippen molar-refractivity contribution < 1.29 is 27.9 Å². The lowest BCUT2D eigenvalue weighted by Crippen LogP contribution is -2.42. The molecule has 3 aliphatic rings. The van der Waals surface area contributed by atoms with Crippen LogP contribution in [-0.2, 0) is 9.53 Å². The first-order valence-electron chi connectivity index (χ1n) is 12.6. The van der Waals surface area contributed by atoms with Crippen molar-refractivity contribution >= 4 is 52.4 Å². The molecule has 0 aliphatic carbocycles. The summed E-state index contributed by atoms with van der Waals surface area (Å²) in [4.78, 5) is 38.6. The molecule has 0 saturated carbocycles. The van der Waals surface area contributed by atoms with Gasteiger partial charge in [0.05, 0.1) is 22.2 Å². The van der Waals surface area contributed by atoms with Gasteiger partial charge in [0.25, 0.3) is 11.8 Å². The number of carbonyl (C=O) groups is 3. The van der Waals surface area contributed by atoms with Crippen molar-refractivity contribution in [1.82, 2.24) is 9.80 Å². The van der Waals surface area contributed by atoms with E-state index in [0.717, 1.165) is 0 Å². The number of carbonyl (C=O) groups excluding carboxylic acids is 3. The molecule has 0 bridgehead atoms. The van der Waals surface area contributed by atoms with Crippen LogP contribution in [0.1, 0.15) is 53.8 Å². The van der Waals surface area contributed by atoms with Crippen LogP contribution in [0.4, 0.5) is 8.78 Å². The van der Waals surface area contributed by atoms with Gasteiger partial charge in [0.2, 0.25) is 0 Å². The van der Waals surface area contributed by atoms with Crippen molar-refractivity contribution in [2.24, 2.45) is 0 Å². The van der Waals surface area contributed by atoms with E-state index in [1.54, 1.807) is 15.9 Å². The van der Waals surface area contributed by atoms with Gasteiger partial charge in [-0.2, -0.15) is 10.5 Å². The Kier molecular flexibility index (Phi) is 13.1. The number of nitriles is 2. The van der Waals surface area contributed by atoms with Gasteiger partial charge in [-0.1, -0.05) is 30.6 Å². The van der Waals surface area contributed by atoms with Crippen LogP contribution in [0, 0.1) is 34.3 Å². The summed E-state index contributed by atoms with van der Waals surface area (Å²) in [6.07, 6.45) is 1.76. The molecule has 224 valence electrons. The number of ketones is 1. The third-order valence-corrected chi connectivity index (χ3v) is 7.49. The Labute approximate surface area is 258 Å². The molecule has 2 amide bonds. The predicted octanol–water partition coefficient (Wildman–Crippen LogP) is 6.05. The number of likely N-dealkylation sites (tertiary alicyclic amines) is 2. The zero-order valence-electron chi connectivity index (χ0n) is 21.7. The molecule has 5 rings (SSSR count). The number of alkyl halides is 1. The Morgan fingerprint density at radius 2 is 1.33 bits per heavy atom. The first kappa shape index (κ1) is 34.9. The van der Waals surface area contributed by atoms with Crippen molar-refractivity contribution in [3.63, 3.8) is 0 Å². The van der Waals surface area contributed by atoms with Gasteiger partial charge in [-0.25, -0.2) is 8.78 Å². The van der Waals surface area contributed by atoms with Crippen LogP contribution in [0.2, 0.25) is 10.0 Å². The number of hydrogen-bond acceptors (Lipinski definition) is 6. The number of benzene rings is 2. The number of hydrogen-bond donors (Lipinski definition) is 0. The average Bonchev–Trinajstić information content (AvgIpc) is 3.68. The predicted molar refractivity (Wildman–Crippen MR) is 154 cm³/mol. The van der Waals surface area contributed by atoms with Gasteiger partial charge in [0, 0.05) is 50.1 Å². The molecule has 0 radical (unpaired) electrons. The van der Waals surface area contributed by atoms with Gasteiger partial charge in [0.1, 0.15) is 28.9 Å². The van der Waals surface area contributed by atoms with Crippen LogP contribution in [-0.4, -0.2) is 71.2 Å². The lowest BCUT2D eigenvalue weighted by molar-refractivity contribution is -0.120. The summed E-state index contributed by atoms with van der Waals surface area (Å²) in [6.45, 7) is 1.91. The molecule has 42 heavy (non-hydrogen) atoms. The third-order valence-electron chi connectivity index (χ3n) is 6.79. The normalized spacial score (nSPS) is 18.2. The highest BCUT2D eigenvalue weighted by Gasteiger charge is 2.58. The average molecular weight is 642 g/mol. The molecule has 2 aromatic rings. The molecule has 3 heterocycles. The molecule has 2 aromatic carbocycles. The quantitative estimate of drug-likeness (QED) is 0.291. The maximum Gasteiger partial charge on any atom is 0.253 e. The van der Waals surface area contributed by atoms with E-state index in [0.29, 0.717) is 63.0 Å². The summed E-state index contributed by atoms with van der Waals surface area (Å²) in [6, 6.07) is 11.7. The Hall–Kier alpha value is -3.28. The van der Waals surface area contributed by atoms with Gasteiger partial charge in [-0.15, -0.1) is 11.6 Å². The fourth-order valence-electron chi connectivity index (χ4n) is 4.40. The van der Waals surface area contributed by atoms with E-state index in [4.69, 9.17) is 50.1 Å². The minimum absolute atomic E-state index is 0. The highest BCUT2D eigenvalue weighted by Crippen LogP contribution is 2.45. The molecular weight excluding hydrogens is 613 g/mol. The second-order valence-electron chi connectivity index (χ2n) is 9.36. The zero-order chi connectivity index (χ0) is 30.2. The van der Waals surface area contributed by atoms with E-state index in [1.165, 1.54) is 36.4 Å². The molecule has 1 unspecified atom stereocenters. The van der Waals surface area contributed by atoms with Crippen molar-refractivity contribution in [2.45, 2.75) is 44.8 Å². The fraction of sp³-hybridized carbons (Fsp3) is 0.414. The minimum atomic E-state index is -0.544. The number of ether oxygens (including phenoxy) is 1. The minimum Gasteiger partial charge on any atom is -0.350 e. The summed E-state index contributed by atoms with van der Waals surface area (Å²) in [5.74, 6) is -1.19. The largest absolute Gasteiger partial charge is 0.350 e. The number of rotatable bonds is 2. The van der Waals surface area contributed by atoms with E-state index in [9.17, 15) is 23.2 Å². The summed E-state index contributed by atoms with van der Waals surface area (Å²) in [7, 11) is 0. The highest BCUT2D eigenvalue weighted by molar-refractivity contribution is 6.31. The zero-order valence-corrected chi connectivity index (χ0v) is 24.0. The van der Waals surface area contributed by atoms with Crippen LogP contribution in [0.3, 0.4) is 0 Å². The number of epoxide rings is 1. The second-order valence-corrected chi connectivity index (χ2v) is 10.4. The molecule has 13 heteroatoms. The van der Waals surface area contributed by atoms with Gasteiger partial charge >= 0.3 is 0 Å². The van der Waals surface area contributed by atoms with Gasteiger partial charge in [0.15, 0.2) is 6.10 Å². The lowest BCUT2D eigenvalue weighted by Gasteiger charge is -2.30. The van der Waals surface area contributed by atoms with Crippen LogP contribution in [0.5, 0.6) is 0 Å². The van der Waals surface area contributed by atoms with Crippen LogP contribution < -0.4 is 0 Å². The Morgan fingerprint density at radius 1 is 0.905 bits per heavy atom. The summed E-state index contributed by atoms with van der Waals surface area (Å²) in [5, 5.41) is 16.2. The van der Waals surface area contributed by atoms with Crippen molar-refractivity contribution in [1.29, 1.82) is 10.5 Å². The van der Waals surface area contributed by atoms with Crippen molar-refractivity contribution in [3.8, 4) is 12.1 Å². The van der Waals surface area contributed by atoms with Crippen LogP contribution in [0.25, 0.3) is 0 Å². The van der Waals surface area contributed by atoms with Gasteiger partial charge in [-0.3, -0.25) is 14.4 Å². The SMILES string of the molecule is C.N#CC1OC12CCN(C(=O)c1ccc(F)c(Cl)c1)CC2.N#CCCl.O=C1CCN(C(=O)c2ccc(F)c(Cl)c2)CC1. The molecule has 8 nitrogen and oxygen atoms in total.